The molecular formula is C16H30. The minimum atomic E-state index is 0.567. The van der Waals surface area contributed by atoms with Crippen LogP contribution in [0.4, 0.5) is 0 Å². The molecule has 0 heterocycles. The molecule has 4 atom stereocenters. The molecule has 2 rings (SSSR count). The topological polar surface area (TPSA) is 0 Å². The number of hydrogen-bond acceptors (Lipinski definition) is 0. The van der Waals surface area contributed by atoms with Gasteiger partial charge in [-0.1, -0.05) is 41.5 Å². The largest absolute Gasteiger partial charge is 0.0599 e. The minimum absolute atomic E-state index is 0.567. The molecule has 0 radical (unpaired) electrons. The van der Waals surface area contributed by atoms with Gasteiger partial charge in [0.05, 0.1) is 0 Å². The van der Waals surface area contributed by atoms with Gasteiger partial charge >= 0.3 is 0 Å². The predicted octanol–water partition coefficient (Wildman–Crippen LogP) is 5.13. The number of rotatable bonds is 3. The van der Waals surface area contributed by atoms with Gasteiger partial charge in [0.1, 0.15) is 0 Å². The average Bonchev–Trinajstić information content (AvgIpc) is 2.93. The van der Waals surface area contributed by atoms with E-state index in [1.54, 1.807) is 0 Å². The van der Waals surface area contributed by atoms with Crippen molar-refractivity contribution in [3.63, 3.8) is 0 Å². The summed E-state index contributed by atoms with van der Waals surface area (Å²) in [6.07, 6.45) is 6.05. The first-order valence-corrected chi connectivity index (χ1v) is 7.19. The second-order valence-corrected chi connectivity index (χ2v) is 8.51. The highest BCUT2D eigenvalue weighted by atomic mass is 14.5. The monoisotopic (exact) mass is 222 g/mol. The summed E-state index contributed by atoms with van der Waals surface area (Å²) in [5.41, 5.74) is 1.13. The fraction of sp³-hybridized carbons (Fsp3) is 1.00. The molecule has 2 fully saturated rings. The molecule has 0 spiro atoms. The normalized spacial score (nSPS) is 38.6. The lowest BCUT2D eigenvalue weighted by molar-refractivity contribution is 0.308. The highest BCUT2D eigenvalue weighted by Gasteiger charge is 2.48. The second-order valence-electron chi connectivity index (χ2n) is 8.51. The van der Waals surface area contributed by atoms with Crippen LogP contribution in [0.15, 0.2) is 0 Å². The number of hydrogen-bond donors (Lipinski definition) is 0. The predicted molar refractivity (Wildman–Crippen MR) is 71.3 cm³/mol. The summed E-state index contributed by atoms with van der Waals surface area (Å²) in [4.78, 5) is 0. The minimum Gasteiger partial charge on any atom is -0.0599 e. The molecule has 16 heavy (non-hydrogen) atoms. The molecule has 0 aliphatic heterocycles. The summed E-state index contributed by atoms with van der Waals surface area (Å²) in [6.45, 7) is 14.5. The Morgan fingerprint density at radius 3 is 1.19 bits per heavy atom. The first-order valence-electron chi connectivity index (χ1n) is 7.19. The first-order chi connectivity index (χ1) is 7.19. The highest BCUT2D eigenvalue weighted by Crippen LogP contribution is 2.57. The Bertz CT molecular complexity index is 222. The molecule has 4 unspecified atom stereocenters. The maximum absolute atomic E-state index is 2.41. The van der Waals surface area contributed by atoms with E-state index in [1.807, 2.05) is 0 Å². The third-order valence-electron chi connectivity index (χ3n) is 4.98. The Balaban J connectivity index is 1.65. The molecule has 94 valence electrons. The van der Waals surface area contributed by atoms with Crippen molar-refractivity contribution in [3.05, 3.63) is 0 Å². The lowest BCUT2D eigenvalue weighted by Gasteiger charge is -2.19. The van der Waals surface area contributed by atoms with E-state index in [0.717, 1.165) is 23.7 Å². The van der Waals surface area contributed by atoms with Gasteiger partial charge in [-0.25, -0.2) is 0 Å². The van der Waals surface area contributed by atoms with E-state index in [4.69, 9.17) is 0 Å². The van der Waals surface area contributed by atoms with Crippen LogP contribution >= 0.6 is 0 Å². The standard InChI is InChI=1S/C16H30/c1-15(2,3)13-9-11(13)7-8-12-10-14(12)16(4,5)6/h11-14H,7-10H2,1-6H3. The summed E-state index contributed by atoms with van der Waals surface area (Å²) in [5, 5.41) is 0. The van der Waals surface area contributed by atoms with Crippen molar-refractivity contribution in [1.82, 2.24) is 0 Å². The molecule has 0 bridgehead atoms. The van der Waals surface area contributed by atoms with Crippen LogP contribution in [-0.4, -0.2) is 0 Å². The van der Waals surface area contributed by atoms with Crippen LogP contribution in [0.3, 0.4) is 0 Å². The smallest absolute Gasteiger partial charge is 0.0334 e. The van der Waals surface area contributed by atoms with Crippen LogP contribution in [0.5, 0.6) is 0 Å². The zero-order valence-corrected chi connectivity index (χ0v) is 12.1. The van der Waals surface area contributed by atoms with E-state index >= 15 is 0 Å². The van der Waals surface area contributed by atoms with Gasteiger partial charge in [-0.15, -0.1) is 0 Å². The Hall–Kier alpha value is 0. The Kier molecular flexibility index (Phi) is 2.92. The van der Waals surface area contributed by atoms with E-state index in [0.29, 0.717) is 10.8 Å². The van der Waals surface area contributed by atoms with Crippen LogP contribution < -0.4 is 0 Å². The molecule has 0 heteroatoms. The van der Waals surface area contributed by atoms with Crippen LogP contribution in [-0.2, 0) is 0 Å². The Morgan fingerprint density at radius 1 is 0.688 bits per heavy atom. The highest BCUT2D eigenvalue weighted by molar-refractivity contribution is 4.98. The van der Waals surface area contributed by atoms with Crippen molar-refractivity contribution in [2.75, 3.05) is 0 Å². The van der Waals surface area contributed by atoms with Crippen molar-refractivity contribution < 1.29 is 0 Å². The summed E-state index contributed by atoms with van der Waals surface area (Å²) in [5.74, 6) is 4.20. The molecule has 0 aromatic rings. The van der Waals surface area contributed by atoms with E-state index in [-0.39, 0.29) is 0 Å². The Morgan fingerprint density at radius 2 is 1.00 bits per heavy atom. The molecule has 0 amide bonds. The van der Waals surface area contributed by atoms with Gasteiger partial charge < -0.3 is 0 Å². The lowest BCUT2D eigenvalue weighted by atomic mass is 9.86. The molecule has 0 N–H and O–H groups in total. The summed E-state index contributed by atoms with van der Waals surface area (Å²) >= 11 is 0. The second kappa shape index (κ2) is 3.75. The third kappa shape index (κ3) is 2.81. The molecule has 2 aliphatic carbocycles. The maximum atomic E-state index is 2.41. The van der Waals surface area contributed by atoms with E-state index in [1.165, 1.54) is 25.7 Å². The SMILES string of the molecule is CC(C)(C)C1CC1CCC1CC1C(C)(C)C. The zero-order chi connectivity index (χ0) is 12.1. The van der Waals surface area contributed by atoms with E-state index in [9.17, 15) is 0 Å². The summed E-state index contributed by atoms with van der Waals surface area (Å²) < 4.78 is 0. The molecule has 0 aromatic heterocycles. The fourth-order valence-corrected chi connectivity index (χ4v) is 3.68. The molecule has 2 saturated carbocycles. The van der Waals surface area contributed by atoms with Crippen molar-refractivity contribution in [2.45, 2.75) is 67.2 Å². The molecular weight excluding hydrogens is 192 g/mol. The average molecular weight is 222 g/mol. The van der Waals surface area contributed by atoms with Gasteiger partial charge in [0.15, 0.2) is 0 Å². The fourth-order valence-electron chi connectivity index (χ4n) is 3.68. The van der Waals surface area contributed by atoms with E-state index < -0.39 is 0 Å². The van der Waals surface area contributed by atoms with Gasteiger partial charge in [0.25, 0.3) is 0 Å². The van der Waals surface area contributed by atoms with Crippen molar-refractivity contribution >= 4 is 0 Å². The lowest BCUT2D eigenvalue weighted by Crippen LogP contribution is -2.10. The van der Waals surface area contributed by atoms with Crippen LogP contribution in [0, 0.1) is 34.5 Å². The molecule has 0 saturated heterocycles. The summed E-state index contributed by atoms with van der Waals surface area (Å²) in [7, 11) is 0. The quantitative estimate of drug-likeness (QED) is 0.621. The first kappa shape index (κ1) is 12.5. The molecule has 2 aliphatic rings. The van der Waals surface area contributed by atoms with Gasteiger partial charge in [-0.05, 0) is 60.2 Å². The van der Waals surface area contributed by atoms with E-state index in [2.05, 4.69) is 41.5 Å². The summed E-state index contributed by atoms with van der Waals surface area (Å²) in [6, 6.07) is 0. The van der Waals surface area contributed by atoms with Crippen molar-refractivity contribution in [2.24, 2.45) is 34.5 Å². The Labute approximate surface area is 102 Å². The molecule has 0 aromatic carbocycles. The zero-order valence-electron chi connectivity index (χ0n) is 12.1. The van der Waals surface area contributed by atoms with Crippen LogP contribution in [0.1, 0.15) is 67.2 Å². The molecule has 0 nitrogen and oxygen atoms in total. The van der Waals surface area contributed by atoms with Gasteiger partial charge in [-0.2, -0.15) is 0 Å². The van der Waals surface area contributed by atoms with Gasteiger partial charge in [0, 0.05) is 0 Å². The van der Waals surface area contributed by atoms with Gasteiger partial charge in [0.2, 0.25) is 0 Å². The third-order valence-corrected chi connectivity index (χ3v) is 4.98. The van der Waals surface area contributed by atoms with Crippen LogP contribution in [0.25, 0.3) is 0 Å². The maximum Gasteiger partial charge on any atom is -0.0334 e. The van der Waals surface area contributed by atoms with Crippen molar-refractivity contribution in [1.29, 1.82) is 0 Å². The van der Waals surface area contributed by atoms with Crippen molar-refractivity contribution in [3.8, 4) is 0 Å². The van der Waals surface area contributed by atoms with Gasteiger partial charge in [-0.3, -0.25) is 0 Å². The van der Waals surface area contributed by atoms with Crippen LogP contribution in [0.2, 0.25) is 0 Å².